The van der Waals surface area contributed by atoms with Crippen molar-refractivity contribution in [2.24, 2.45) is 0 Å². The number of rotatable bonds is 8. The van der Waals surface area contributed by atoms with Gasteiger partial charge >= 0.3 is 6.09 Å². The minimum Gasteiger partial charge on any atom is -0.444 e. The van der Waals surface area contributed by atoms with E-state index in [1.165, 1.54) is 6.33 Å². The summed E-state index contributed by atoms with van der Waals surface area (Å²) in [5.41, 5.74) is 6.90. The maximum Gasteiger partial charge on any atom is 0.410 e. The molecule has 1 aliphatic rings. The van der Waals surface area contributed by atoms with Crippen LogP contribution < -0.4 is 5.73 Å². The summed E-state index contributed by atoms with van der Waals surface area (Å²) in [7, 11) is 0. The first-order valence-electron chi connectivity index (χ1n) is 12.5. The highest BCUT2D eigenvalue weighted by Gasteiger charge is 2.43. The largest absolute Gasteiger partial charge is 0.444 e. The van der Waals surface area contributed by atoms with Crippen molar-refractivity contribution >= 4 is 38.9 Å². The molecule has 0 bridgehead atoms. The molecule has 4 atom stereocenters. The maximum atomic E-state index is 12.8. The predicted molar refractivity (Wildman–Crippen MR) is 147 cm³/mol. The third-order valence-corrected chi connectivity index (χ3v) is 6.74. The van der Waals surface area contributed by atoms with Crippen molar-refractivity contribution in [3.8, 4) is 0 Å². The second kappa shape index (κ2) is 11.8. The molecule has 0 spiro atoms. The number of hydrogen-bond acceptors (Lipinski definition) is 8. The first-order valence-corrected chi connectivity index (χ1v) is 13.3. The average molecular weight is 589 g/mol. The van der Waals surface area contributed by atoms with Crippen molar-refractivity contribution in [2.45, 2.75) is 70.3 Å². The number of amides is 1. The van der Waals surface area contributed by atoms with E-state index < -0.39 is 30.1 Å². The Balaban J connectivity index is 1.37. The predicted octanol–water partition coefficient (Wildman–Crippen LogP) is 4.17. The summed E-state index contributed by atoms with van der Waals surface area (Å²) in [5, 5.41) is 22.0. The van der Waals surface area contributed by atoms with E-state index >= 15 is 0 Å². The molecule has 0 unspecified atom stereocenters. The highest BCUT2D eigenvalue weighted by molar-refractivity contribution is 9.10. The molecule has 4 rings (SSSR count). The van der Waals surface area contributed by atoms with Crippen molar-refractivity contribution in [1.82, 2.24) is 19.4 Å². The van der Waals surface area contributed by atoms with E-state index in [2.05, 4.69) is 25.9 Å². The molecule has 1 aromatic carbocycles. The molecule has 11 heteroatoms. The highest BCUT2D eigenvalue weighted by atomic mass is 79.9. The Labute approximate surface area is 230 Å². The Morgan fingerprint density at radius 1 is 1.24 bits per heavy atom. The molecule has 0 aliphatic carbocycles. The quantitative estimate of drug-likeness (QED) is 0.264. The monoisotopic (exact) mass is 587 g/mol. The summed E-state index contributed by atoms with van der Waals surface area (Å²) in [6.07, 6.45) is 3.80. The zero-order chi connectivity index (χ0) is 27.4. The zero-order valence-corrected chi connectivity index (χ0v) is 23.3. The van der Waals surface area contributed by atoms with Gasteiger partial charge in [-0.3, -0.25) is 0 Å². The number of allylic oxidation sites excluding steroid dienone is 1. The Morgan fingerprint density at radius 2 is 1.97 bits per heavy atom. The van der Waals surface area contributed by atoms with Gasteiger partial charge in [-0.2, -0.15) is 0 Å². The zero-order valence-electron chi connectivity index (χ0n) is 21.7. The lowest BCUT2D eigenvalue weighted by atomic mass is 10.1. The van der Waals surface area contributed by atoms with Gasteiger partial charge in [-0.15, -0.1) is 0 Å². The lowest BCUT2D eigenvalue weighted by Gasteiger charge is -2.27. The van der Waals surface area contributed by atoms with Crippen LogP contribution in [0.5, 0.6) is 0 Å². The van der Waals surface area contributed by atoms with Crippen molar-refractivity contribution in [2.75, 3.05) is 12.3 Å². The summed E-state index contributed by atoms with van der Waals surface area (Å²) in [6.45, 7) is 6.49. The summed E-state index contributed by atoms with van der Waals surface area (Å²) in [6, 6.07) is 9.78. The van der Waals surface area contributed by atoms with Crippen LogP contribution in [0.4, 0.5) is 10.6 Å². The van der Waals surface area contributed by atoms with E-state index in [0.29, 0.717) is 47.3 Å². The van der Waals surface area contributed by atoms with Gasteiger partial charge in [0.2, 0.25) is 0 Å². The van der Waals surface area contributed by atoms with Gasteiger partial charge in [0, 0.05) is 23.8 Å². The number of nitrogens with zero attached hydrogens (tertiary/aromatic N) is 4. The van der Waals surface area contributed by atoms with Crippen molar-refractivity contribution < 1.29 is 24.5 Å². The minimum atomic E-state index is -1.17. The summed E-state index contributed by atoms with van der Waals surface area (Å²) < 4.78 is 13.9. The van der Waals surface area contributed by atoms with E-state index in [4.69, 9.17) is 15.2 Å². The fourth-order valence-electron chi connectivity index (χ4n) is 4.33. The molecular formula is C27H34BrN5O5. The van der Waals surface area contributed by atoms with Gasteiger partial charge in [0.05, 0.1) is 5.39 Å². The van der Waals surface area contributed by atoms with Crippen LogP contribution in [-0.4, -0.2) is 66.2 Å². The van der Waals surface area contributed by atoms with Crippen LogP contribution in [0.15, 0.2) is 59.5 Å². The molecule has 38 heavy (non-hydrogen) atoms. The number of anilines is 1. The summed E-state index contributed by atoms with van der Waals surface area (Å²) in [5.74, 6) is 0.304. The van der Waals surface area contributed by atoms with Gasteiger partial charge in [-0.1, -0.05) is 42.5 Å². The number of aliphatic hydroxyl groups is 2. The first kappa shape index (κ1) is 28.0. The molecule has 1 aliphatic heterocycles. The lowest BCUT2D eigenvalue weighted by Crippen LogP contribution is -2.37. The normalized spacial score (nSPS) is 21.8. The van der Waals surface area contributed by atoms with Crippen LogP contribution in [0.1, 0.15) is 45.4 Å². The van der Waals surface area contributed by atoms with Gasteiger partial charge in [0.25, 0.3) is 0 Å². The SMILES string of the molecule is CC(C)(C)OC(=O)N(CCC/C=C/[C@H]1O[C@@H](n2cc(Br)c3c(N)ncnc32)[C@H](O)[C@@H]1O)Cc1ccccc1. The second-order valence-electron chi connectivity index (χ2n) is 10.3. The van der Waals surface area contributed by atoms with Crippen LogP contribution >= 0.6 is 15.9 Å². The molecule has 10 nitrogen and oxygen atoms in total. The molecule has 2 aromatic heterocycles. The Morgan fingerprint density at radius 3 is 2.68 bits per heavy atom. The van der Waals surface area contributed by atoms with Crippen LogP contribution in [0.3, 0.4) is 0 Å². The number of aromatic nitrogens is 3. The van der Waals surface area contributed by atoms with Gasteiger partial charge in [-0.05, 0) is 55.1 Å². The average Bonchev–Trinajstić information content (AvgIpc) is 3.34. The van der Waals surface area contributed by atoms with Crippen LogP contribution in [0, 0.1) is 0 Å². The van der Waals surface area contributed by atoms with E-state index in [-0.39, 0.29) is 6.09 Å². The van der Waals surface area contributed by atoms with Gasteiger partial charge in [0.15, 0.2) is 6.23 Å². The number of nitrogens with two attached hydrogens (primary N) is 1. The number of nitrogen functional groups attached to an aromatic ring is 1. The van der Waals surface area contributed by atoms with Gasteiger partial charge in [-0.25, -0.2) is 14.8 Å². The molecule has 4 N–H and O–H groups in total. The highest BCUT2D eigenvalue weighted by Crippen LogP contribution is 2.36. The number of benzene rings is 1. The third kappa shape index (κ3) is 6.52. The molecule has 0 saturated carbocycles. The third-order valence-electron chi connectivity index (χ3n) is 6.13. The fourth-order valence-corrected chi connectivity index (χ4v) is 4.93. The number of ether oxygens (including phenoxy) is 2. The number of hydrogen-bond donors (Lipinski definition) is 3. The molecule has 3 heterocycles. The minimum absolute atomic E-state index is 0.304. The van der Waals surface area contributed by atoms with Crippen molar-refractivity contribution in [3.05, 3.63) is 65.0 Å². The molecule has 1 saturated heterocycles. The Hall–Kier alpha value is -2.99. The van der Waals surface area contributed by atoms with E-state index in [1.54, 1.807) is 21.7 Å². The fraction of sp³-hybridized carbons (Fsp3) is 0.444. The maximum absolute atomic E-state index is 12.8. The topological polar surface area (TPSA) is 136 Å². The smallest absolute Gasteiger partial charge is 0.410 e. The van der Waals surface area contributed by atoms with Crippen molar-refractivity contribution in [1.29, 1.82) is 0 Å². The van der Waals surface area contributed by atoms with Crippen molar-refractivity contribution in [3.63, 3.8) is 0 Å². The van der Waals surface area contributed by atoms with Gasteiger partial charge < -0.3 is 34.9 Å². The number of fused-ring (bicyclic) bond motifs is 1. The molecular weight excluding hydrogens is 554 g/mol. The Kier molecular flexibility index (Phi) is 8.71. The number of carbonyl (C=O) groups excluding carboxylic acids is 1. The molecule has 1 amide bonds. The van der Waals surface area contributed by atoms with Crippen LogP contribution in [-0.2, 0) is 16.0 Å². The molecule has 204 valence electrons. The number of aliphatic hydroxyl groups excluding tert-OH is 2. The molecule has 1 fully saturated rings. The summed E-state index contributed by atoms with van der Waals surface area (Å²) >= 11 is 3.45. The van der Waals surface area contributed by atoms with E-state index in [0.717, 1.165) is 5.56 Å². The Bertz CT molecular complexity index is 1280. The number of carbonyl (C=O) groups is 1. The second-order valence-corrected chi connectivity index (χ2v) is 11.1. The number of unbranched alkanes of at least 4 members (excludes halogenated alkanes) is 1. The van der Waals surface area contributed by atoms with E-state index in [9.17, 15) is 15.0 Å². The number of halogens is 1. The van der Waals surface area contributed by atoms with Crippen LogP contribution in [0.25, 0.3) is 11.0 Å². The van der Waals surface area contributed by atoms with E-state index in [1.807, 2.05) is 57.2 Å². The van der Waals surface area contributed by atoms with Crippen LogP contribution in [0.2, 0.25) is 0 Å². The summed E-state index contributed by atoms with van der Waals surface area (Å²) in [4.78, 5) is 22.8. The molecule has 0 radical (unpaired) electrons. The van der Waals surface area contributed by atoms with Gasteiger partial charge in [0.1, 0.15) is 41.7 Å². The molecule has 3 aromatic rings. The standard InChI is InChI=1S/C27H34BrN5O5/c1-27(2,3)38-26(36)32(14-17-10-6-4-7-11-17)13-9-5-8-12-19-21(34)22(35)25(37-19)33-15-18(28)20-23(29)30-16-31-24(20)33/h4,6-8,10-12,15-16,19,21-22,25,34-35H,5,9,13-14H2,1-3H3,(H2,29,30,31)/b12-8+/t19-,21-,22-,25-/m1/s1. The first-order chi connectivity index (χ1) is 18.0. The lowest BCUT2D eigenvalue weighted by molar-refractivity contribution is -0.0242.